The Morgan fingerprint density at radius 1 is 1.35 bits per heavy atom. The molecule has 1 saturated carbocycles. The Hall–Kier alpha value is -0.210. The van der Waals surface area contributed by atoms with Crippen LogP contribution in [0.5, 0.6) is 0 Å². The van der Waals surface area contributed by atoms with Crippen LogP contribution in [0.15, 0.2) is 0 Å². The summed E-state index contributed by atoms with van der Waals surface area (Å²) in [6, 6.07) is -0.0521. The second kappa shape index (κ2) is 6.65. The zero-order valence-electron chi connectivity index (χ0n) is 10.3. The van der Waals surface area contributed by atoms with Crippen LogP contribution in [0.2, 0.25) is 0 Å². The van der Waals surface area contributed by atoms with Crippen molar-refractivity contribution in [3.05, 3.63) is 0 Å². The number of hydrogen-bond acceptors (Lipinski definition) is 4. The fourth-order valence-electron chi connectivity index (χ4n) is 1.93. The van der Waals surface area contributed by atoms with E-state index < -0.39 is 10.2 Å². The summed E-state index contributed by atoms with van der Waals surface area (Å²) < 4.78 is 27.8. The monoisotopic (exact) mass is 265 g/mol. The molecule has 1 aliphatic carbocycles. The first-order valence-electron chi connectivity index (χ1n) is 6.07. The van der Waals surface area contributed by atoms with E-state index >= 15 is 0 Å². The molecular formula is C10H23N3O3S. The van der Waals surface area contributed by atoms with E-state index in [2.05, 4.69) is 4.72 Å². The van der Waals surface area contributed by atoms with Gasteiger partial charge in [0.05, 0.1) is 6.10 Å². The molecule has 7 heteroatoms. The van der Waals surface area contributed by atoms with E-state index in [1.165, 1.54) is 4.31 Å². The van der Waals surface area contributed by atoms with Gasteiger partial charge in [0.1, 0.15) is 0 Å². The summed E-state index contributed by atoms with van der Waals surface area (Å²) in [7, 11) is -1.85. The topological polar surface area (TPSA) is 95.7 Å². The van der Waals surface area contributed by atoms with Gasteiger partial charge in [0.25, 0.3) is 10.2 Å². The number of aliphatic hydroxyl groups excluding tert-OH is 1. The second-order valence-corrected chi connectivity index (χ2v) is 6.40. The fraction of sp³-hybridized carbons (Fsp3) is 1.00. The lowest BCUT2D eigenvalue weighted by Crippen LogP contribution is -2.45. The highest BCUT2D eigenvalue weighted by molar-refractivity contribution is 7.87. The maximum absolute atomic E-state index is 11.9. The number of nitrogens with two attached hydrogens (primary N) is 1. The molecule has 6 nitrogen and oxygen atoms in total. The number of aliphatic hydroxyl groups is 1. The van der Waals surface area contributed by atoms with Crippen LogP contribution in [0.4, 0.5) is 0 Å². The Labute approximate surface area is 103 Å². The van der Waals surface area contributed by atoms with Crippen molar-refractivity contribution in [1.29, 1.82) is 0 Å². The van der Waals surface area contributed by atoms with Crippen LogP contribution in [-0.2, 0) is 10.2 Å². The van der Waals surface area contributed by atoms with Crippen molar-refractivity contribution in [1.82, 2.24) is 9.03 Å². The molecule has 0 aromatic rings. The molecule has 0 aliphatic heterocycles. The van der Waals surface area contributed by atoms with Gasteiger partial charge in [-0.1, -0.05) is 0 Å². The molecule has 0 aromatic carbocycles. The molecule has 1 aliphatic rings. The summed E-state index contributed by atoms with van der Waals surface area (Å²) in [5.74, 6) is 0. The normalized spacial score (nSPS) is 26.4. The SMILES string of the molecule is CN(CCCN)S(=O)(=O)NC1CCC(O)CC1. The average Bonchev–Trinajstić information content (AvgIpc) is 2.28. The van der Waals surface area contributed by atoms with Gasteiger partial charge in [-0.05, 0) is 38.6 Å². The molecular weight excluding hydrogens is 242 g/mol. The molecule has 0 unspecified atom stereocenters. The first-order valence-corrected chi connectivity index (χ1v) is 7.51. The van der Waals surface area contributed by atoms with Crippen LogP contribution in [-0.4, -0.2) is 50.1 Å². The van der Waals surface area contributed by atoms with Crippen molar-refractivity contribution < 1.29 is 13.5 Å². The number of nitrogens with one attached hydrogen (secondary N) is 1. The standard InChI is InChI=1S/C10H23N3O3S/c1-13(8-2-7-11)17(15,16)12-9-3-5-10(14)6-4-9/h9-10,12,14H,2-8,11H2,1H3. The summed E-state index contributed by atoms with van der Waals surface area (Å²) >= 11 is 0. The lowest BCUT2D eigenvalue weighted by atomic mass is 9.94. The Morgan fingerprint density at radius 2 is 1.94 bits per heavy atom. The smallest absolute Gasteiger partial charge is 0.279 e. The molecule has 1 fully saturated rings. The third kappa shape index (κ3) is 4.89. The number of nitrogens with zero attached hydrogens (tertiary/aromatic N) is 1. The Bertz CT molecular complexity index is 313. The quantitative estimate of drug-likeness (QED) is 0.598. The molecule has 0 saturated heterocycles. The highest BCUT2D eigenvalue weighted by atomic mass is 32.2. The Kier molecular flexibility index (Phi) is 5.81. The lowest BCUT2D eigenvalue weighted by Gasteiger charge is -2.28. The van der Waals surface area contributed by atoms with Gasteiger partial charge in [-0.3, -0.25) is 0 Å². The van der Waals surface area contributed by atoms with Crippen molar-refractivity contribution in [2.24, 2.45) is 5.73 Å². The molecule has 4 N–H and O–H groups in total. The predicted molar refractivity (Wildman–Crippen MR) is 66.6 cm³/mol. The first kappa shape index (κ1) is 14.8. The van der Waals surface area contributed by atoms with Gasteiger partial charge < -0.3 is 10.8 Å². The minimum Gasteiger partial charge on any atom is -0.393 e. The van der Waals surface area contributed by atoms with Crippen molar-refractivity contribution in [3.63, 3.8) is 0 Å². The maximum Gasteiger partial charge on any atom is 0.279 e. The molecule has 0 amide bonds. The van der Waals surface area contributed by atoms with Gasteiger partial charge >= 0.3 is 0 Å². The van der Waals surface area contributed by atoms with Crippen LogP contribution < -0.4 is 10.5 Å². The van der Waals surface area contributed by atoms with Crippen LogP contribution in [0.25, 0.3) is 0 Å². The summed E-state index contributed by atoms with van der Waals surface area (Å²) in [6.45, 7) is 0.913. The van der Waals surface area contributed by atoms with Gasteiger partial charge in [-0.15, -0.1) is 0 Å². The van der Waals surface area contributed by atoms with E-state index in [0.29, 0.717) is 45.2 Å². The van der Waals surface area contributed by atoms with E-state index in [1.807, 2.05) is 0 Å². The average molecular weight is 265 g/mol. The molecule has 0 aromatic heterocycles. The summed E-state index contributed by atoms with van der Waals surface area (Å²) in [6.07, 6.45) is 3.11. The lowest BCUT2D eigenvalue weighted by molar-refractivity contribution is 0.120. The largest absolute Gasteiger partial charge is 0.393 e. The van der Waals surface area contributed by atoms with Gasteiger partial charge in [-0.25, -0.2) is 0 Å². The second-order valence-electron chi connectivity index (χ2n) is 4.59. The van der Waals surface area contributed by atoms with Crippen LogP contribution in [0.1, 0.15) is 32.1 Å². The summed E-state index contributed by atoms with van der Waals surface area (Å²) in [5, 5.41) is 9.35. The van der Waals surface area contributed by atoms with Gasteiger partial charge in [0.15, 0.2) is 0 Å². The molecule has 0 spiro atoms. The minimum atomic E-state index is -3.40. The molecule has 1 rings (SSSR count). The predicted octanol–water partition coefficient (Wildman–Crippen LogP) is -0.595. The maximum atomic E-state index is 11.9. The van der Waals surface area contributed by atoms with Crippen LogP contribution in [0.3, 0.4) is 0 Å². The van der Waals surface area contributed by atoms with Crippen molar-refractivity contribution in [2.45, 2.75) is 44.2 Å². The zero-order valence-corrected chi connectivity index (χ0v) is 11.1. The molecule has 0 bridgehead atoms. The van der Waals surface area contributed by atoms with Gasteiger partial charge in [0.2, 0.25) is 0 Å². The van der Waals surface area contributed by atoms with E-state index in [-0.39, 0.29) is 12.1 Å². The van der Waals surface area contributed by atoms with Crippen molar-refractivity contribution >= 4 is 10.2 Å². The summed E-state index contributed by atoms with van der Waals surface area (Å²) in [4.78, 5) is 0. The van der Waals surface area contributed by atoms with Crippen LogP contribution in [0, 0.1) is 0 Å². The van der Waals surface area contributed by atoms with Gasteiger partial charge in [0, 0.05) is 19.6 Å². The minimum absolute atomic E-state index is 0.0521. The molecule has 17 heavy (non-hydrogen) atoms. The van der Waals surface area contributed by atoms with Crippen molar-refractivity contribution in [2.75, 3.05) is 20.1 Å². The molecule has 0 radical (unpaired) electrons. The van der Waals surface area contributed by atoms with Crippen LogP contribution >= 0.6 is 0 Å². The third-order valence-corrected chi connectivity index (χ3v) is 4.73. The third-order valence-electron chi connectivity index (χ3n) is 3.10. The first-order chi connectivity index (χ1) is 7.95. The molecule has 0 atom stereocenters. The summed E-state index contributed by atoms with van der Waals surface area (Å²) in [5.41, 5.74) is 5.35. The van der Waals surface area contributed by atoms with Crippen molar-refractivity contribution in [3.8, 4) is 0 Å². The Morgan fingerprint density at radius 3 is 2.47 bits per heavy atom. The van der Waals surface area contributed by atoms with E-state index in [9.17, 15) is 13.5 Å². The van der Waals surface area contributed by atoms with E-state index in [1.54, 1.807) is 7.05 Å². The number of rotatable bonds is 6. The number of hydrogen-bond donors (Lipinski definition) is 3. The van der Waals surface area contributed by atoms with E-state index in [4.69, 9.17) is 5.73 Å². The molecule has 102 valence electrons. The fourth-order valence-corrected chi connectivity index (χ4v) is 3.13. The molecule has 0 heterocycles. The van der Waals surface area contributed by atoms with Gasteiger partial charge in [-0.2, -0.15) is 17.4 Å². The zero-order chi connectivity index (χ0) is 12.9. The highest BCUT2D eigenvalue weighted by Crippen LogP contribution is 2.19. The van der Waals surface area contributed by atoms with E-state index in [0.717, 1.165) is 0 Å². The highest BCUT2D eigenvalue weighted by Gasteiger charge is 2.25. The Balaban J connectivity index is 2.43.